The first-order valence-electron chi connectivity index (χ1n) is 10.1. The molecule has 0 fully saturated rings. The number of amides is 1. The highest BCUT2D eigenvalue weighted by Gasteiger charge is 2.29. The van der Waals surface area contributed by atoms with Crippen molar-refractivity contribution in [1.82, 2.24) is 5.32 Å². The molecule has 0 radical (unpaired) electrons. The summed E-state index contributed by atoms with van der Waals surface area (Å²) in [6.45, 7) is 0.314. The Hall–Kier alpha value is -3.25. The van der Waals surface area contributed by atoms with E-state index < -0.39 is 18.1 Å². The molecule has 1 aliphatic rings. The molecule has 4 rings (SSSR count). The molecule has 0 saturated carbocycles. The number of carbonyl (C=O) groups is 2. The molecule has 0 bridgehead atoms. The van der Waals surface area contributed by atoms with Gasteiger partial charge < -0.3 is 14.8 Å². The molecule has 5 nitrogen and oxygen atoms in total. The molecular weight excluding hydrogens is 410 g/mol. The normalized spacial score (nSPS) is 13.1. The van der Waals surface area contributed by atoms with E-state index in [0.29, 0.717) is 0 Å². The molecule has 3 aromatic rings. The van der Waals surface area contributed by atoms with Crippen molar-refractivity contribution < 1.29 is 19.1 Å². The van der Waals surface area contributed by atoms with Crippen molar-refractivity contribution in [1.29, 1.82) is 0 Å². The van der Waals surface area contributed by atoms with Crippen LogP contribution in [0.15, 0.2) is 78.9 Å². The molecule has 158 valence electrons. The Morgan fingerprint density at radius 2 is 1.42 bits per heavy atom. The van der Waals surface area contributed by atoms with Crippen molar-refractivity contribution in [3.63, 3.8) is 0 Å². The fraction of sp³-hybridized carbons (Fsp3) is 0.200. The first-order valence-corrected chi connectivity index (χ1v) is 10.7. The minimum absolute atomic E-state index is 0.0439. The maximum absolute atomic E-state index is 12.4. The summed E-state index contributed by atoms with van der Waals surface area (Å²) in [5, 5.41) is 2.56. The molecule has 0 spiro atoms. The van der Waals surface area contributed by atoms with E-state index in [1.165, 1.54) is 0 Å². The second-order valence-electron chi connectivity index (χ2n) is 7.30. The van der Waals surface area contributed by atoms with Gasteiger partial charge in [0.2, 0.25) is 0 Å². The van der Waals surface area contributed by atoms with Gasteiger partial charge in [-0.25, -0.2) is 9.59 Å². The van der Waals surface area contributed by atoms with Gasteiger partial charge in [0.05, 0.1) is 0 Å². The lowest BCUT2D eigenvalue weighted by Gasteiger charge is -2.18. The van der Waals surface area contributed by atoms with Crippen molar-refractivity contribution >= 4 is 24.7 Å². The van der Waals surface area contributed by atoms with Gasteiger partial charge in [-0.2, -0.15) is 12.6 Å². The number of esters is 1. The van der Waals surface area contributed by atoms with Crippen molar-refractivity contribution in [2.24, 2.45) is 0 Å². The Morgan fingerprint density at radius 1 is 0.839 bits per heavy atom. The fourth-order valence-electron chi connectivity index (χ4n) is 3.79. The van der Waals surface area contributed by atoms with Crippen LogP contribution in [-0.2, 0) is 20.9 Å². The molecule has 0 unspecified atom stereocenters. The molecule has 1 amide bonds. The third kappa shape index (κ3) is 4.75. The summed E-state index contributed by atoms with van der Waals surface area (Å²) >= 11 is 4.17. The standard InChI is InChI=1S/C25H23NO4S/c27-24(29-14-17-8-2-1-3-9-17)23(16-31)26-25(28)30-15-22-20-12-6-4-10-18(20)19-11-5-7-13-21(19)22/h1-13,22-23,31H,14-16H2,(H,26,28)/t23-/m0/s1. The minimum Gasteiger partial charge on any atom is -0.459 e. The van der Waals surface area contributed by atoms with E-state index in [1.54, 1.807) is 0 Å². The molecule has 1 N–H and O–H groups in total. The quantitative estimate of drug-likeness (QED) is 0.423. The Bertz CT molecular complexity index is 1020. The van der Waals surface area contributed by atoms with Gasteiger partial charge in [0, 0.05) is 11.7 Å². The zero-order valence-corrected chi connectivity index (χ0v) is 17.8. The summed E-state index contributed by atoms with van der Waals surface area (Å²) in [4.78, 5) is 24.7. The van der Waals surface area contributed by atoms with Crippen LogP contribution in [-0.4, -0.2) is 30.5 Å². The highest BCUT2D eigenvalue weighted by atomic mass is 32.1. The van der Waals surface area contributed by atoms with Crippen LogP contribution in [0.3, 0.4) is 0 Å². The molecule has 6 heteroatoms. The van der Waals surface area contributed by atoms with Crippen molar-refractivity contribution in [2.75, 3.05) is 12.4 Å². The Balaban J connectivity index is 1.35. The van der Waals surface area contributed by atoms with Crippen molar-refractivity contribution in [3.8, 4) is 11.1 Å². The first kappa shape index (κ1) is 21.0. The summed E-state index contributed by atoms with van der Waals surface area (Å²) in [7, 11) is 0. The van der Waals surface area contributed by atoms with Gasteiger partial charge in [-0.1, -0.05) is 78.9 Å². The van der Waals surface area contributed by atoms with E-state index >= 15 is 0 Å². The monoisotopic (exact) mass is 433 g/mol. The lowest BCUT2D eigenvalue weighted by atomic mass is 9.98. The molecule has 3 aromatic carbocycles. The molecule has 1 atom stereocenters. The molecular formula is C25H23NO4S. The van der Waals surface area contributed by atoms with Gasteiger partial charge in [0.25, 0.3) is 0 Å². The molecule has 1 aliphatic carbocycles. The van der Waals surface area contributed by atoms with Crippen LogP contribution in [0.5, 0.6) is 0 Å². The number of benzene rings is 3. The lowest BCUT2D eigenvalue weighted by Crippen LogP contribution is -2.43. The summed E-state index contributed by atoms with van der Waals surface area (Å²) in [5.41, 5.74) is 5.44. The number of nitrogens with one attached hydrogen (secondary N) is 1. The van der Waals surface area contributed by atoms with Gasteiger partial charge in [-0.3, -0.25) is 0 Å². The van der Waals surface area contributed by atoms with E-state index in [4.69, 9.17) is 9.47 Å². The van der Waals surface area contributed by atoms with E-state index in [1.807, 2.05) is 54.6 Å². The second kappa shape index (κ2) is 9.71. The Labute approximate surface area is 186 Å². The second-order valence-corrected chi connectivity index (χ2v) is 7.66. The topological polar surface area (TPSA) is 64.6 Å². The number of carbonyl (C=O) groups excluding carboxylic acids is 2. The number of fused-ring (bicyclic) bond motifs is 3. The molecule has 0 saturated heterocycles. The van der Waals surface area contributed by atoms with Crippen LogP contribution < -0.4 is 5.32 Å². The van der Waals surface area contributed by atoms with Crippen LogP contribution in [0, 0.1) is 0 Å². The number of hydrogen-bond acceptors (Lipinski definition) is 5. The van der Waals surface area contributed by atoms with Crippen LogP contribution in [0.2, 0.25) is 0 Å². The third-order valence-corrected chi connectivity index (χ3v) is 5.69. The predicted molar refractivity (Wildman–Crippen MR) is 122 cm³/mol. The number of alkyl carbamates (subject to hydrolysis) is 1. The fourth-order valence-corrected chi connectivity index (χ4v) is 4.03. The molecule has 31 heavy (non-hydrogen) atoms. The summed E-state index contributed by atoms with van der Waals surface area (Å²) in [6, 6.07) is 24.7. The van der Waals surface area contributed by atoms with E-state index in [9.17, 15) is 9.59 Å². The highest BCUT2D eigenvalue weighted by Crippen LogP contribution is 2.44. The average Bonchev–Trinajstić information content (AvgIpc) is 3.14. The van der Waals surface area contributed by atoms with Gasteiger partial charge >= 0.3 is 12.1 Å². The SMILES string of the molecule is O=C(N[C@@H](CS)C(=O)OCc1ccccc1)OCC1c2ccccc2-c2ccccc21. The van der Waals surface area contributed by atoms with Crippen LogP contribution in [0.25, 0.3) is 11.1 Å². The number of rotatable bonds is 7. The van der Waals surface area contributed by atoms with Gasteiger partial charge in [-0.15, -0.1) is 0 Å². The molecule has 0 aromatic heterocycles. The van der Waals surface area contributed by atoms with E-state index in [-0.39, 0.29) is 24.9 Å². The minimum atomic E-state index is -0.886. The zero-order valence-electron chi connectivity index (χ0n) is 16.9. The summed E-state index contributed by atoms with van der Waals surface area (Å²) < 4.78 is 10.8. The number of hydrogen-bond donors (Lipinski definition) is 2. The largest absolute Gasteiger partial charge is 0.459 e. The smallest absolute Gasteiger partial charge is 0.407 e. The number of thiol groups is 1. The van der Waals surface area contributed by atoms with Crippen LogP contribution in [0.4, 0.5) is 4.79 Å². The van der Waals surface area contributed by atoms with Crippen molar-refractivity contribution in [2.45, 2.75) is 18.6 Å². The third-order valence-electron chi connectivity index (χ3n) is 5.33. The van der Waals surface area contributed by atoms with Gasteiger partial charge in [0.1, 0.15) is 19.3 Å². The molecule has 0 heterocycles. The average molecular weight is 434 g/mol. The lowest BCUT2D eigenvalue weighted by molar-refractivity contribution is -0.146. The van der Waals surface area contributed by atoms with E-state index in [0.717, 1.165) is 27.8 Å². The van der Waals surface area contributed by atoms with E-state index in [2.05, 4.69) is 42.2 Å². The van der Waals surface area contributed by atoms with Gasteiger partial charge in [0.15, 0.2) is 0 Å². The van der Waals surface area contributed by atoms with Crippen LogP contribution >= 0.6 is 12.6 Å². The predicted octanol–water partition coefficient (Wildman–Crippen LogP) is 4.57. The maximum atomic E-state index is 12.4. The summed E-state index contributed by atoms with van der Waals surface area (Å²) in [6.07, 6.45) is -0.669. The summed E-state index contributed by atoms with van der Waals surface area (Å²) in [5.74, 6) is -0.484. The zero-order chi connectivity index (χ0) is 21.6. The Kier molecular flexibility index (Phi) is 6.57. The van der Waals surface area contributed by atoms with Crippen LogP contribution in [0.1, 0.15) is 22.6 Å². The molecule has 0 aliphatic heterocycles. The maximum Gasteiger partial charge on any atom is 0.407 e. The first-order chi connectivity index (χ1) is 15.2. The van der Waals surface area contributed by atoms with Crippen molar-refractivity contribution in [3.05, 3.63) is 95.6 Å². The van der Waals surface area contributed by atoms with Gasteiger partial charge in [-0.05, 0) is 27.8 Å². The highest BCUT2D eigenvalue weighted by molar-refractivity contribution is 7.80. The number of ether oxygens (including phenoxy) is 2. The Morgan fingerprint density at radius 3 is 2.03 bits per heavy atom.